The molecule has 7 heteroatoms. The van der Waals surface area contributed by atoms with Crippen molar-refractivity contribution in [2.75, 3.05) is 18.4 Å². The van der Waals surface area contributed by atoms with Gasteiger partial charge in [-0.2, -0.15) is 0 Å². The van der Waals surface area contributed by atoms with E-state index < -0.39 is 23.8 Å². The fourth-order valence-corrected chi connectivity index (χ4v) is 2.88. The Kier molecular flexibility index (Phi) is 7.26. The van der Waals surface area contributed by atoms with Crippen LogP contribution in [0.25, 0.3) is 0 Å². The highest BCUT2D eigenvalue weighted by atomic mass is 19.1. The van der Waals surface area contributed by atoms with E-state index in [4.69, 9.17) is 0 Å². The molecule has 0 aromatic heterocycles. The average molecular weight is 363 g/mol. The summed E-state index contributed by atoms with van der Waals surface area (Å²) in [7, 11) is 0. The lowest BCUT2D eigenvalue weighted by atomic mass is 10.0. The van der Waals surface area contributed by atoms with E-state index in [1.54, 1.807) is 6.07 Å². The quantitative estimate of drug-likeness (QED) is 0.843. The highest BCUT2D eigenvalue weighted by Crippen LogP contribution is 2.19. The minimum absolute atomic E-state index is 0.0154. The van der Waals surface area contributed by atoms with Crippen molar-refractivity contribution in [1.82, 2.24) is 10.2 Å². The number of anilines is 1. The van der Waals surface area contributed by atoms with Gasteiger partial charge in [0, 0.05) is 6.42 Å². The van der Waals surface area contributed by atoms with Crippen LogP contribution in [0.5, 0.6) is 0 Å². The van der Waals surface area contributed by atoms with Gasteiger partial charge < -0.3 is 10.6 Å². The van der Waals surface area contributed by atoms with Crippen molar-refractivity contribution in [2.24, 2.45) is 5.92 Å². The molecule has 1 aromatic rings. The van der Waals surface area contributed by atoms with Gasteiger partial charge in [-0.05, 0) is 43.9 Å². The van der Waals surface area contributed by atoms with E-state index in [-0.39, 0.29) is 24.4 Å². The summed E-state index contributed by atoms with van der Waals surface area (Å²) in [5, 5.41) is 5.43. The molecule has 1 aliphatic rings. The summed E-state index contributed by atoms with van der Waals surface area (Å²) in [5.74, 6) is -0.914. The predicted octanol–water partition coefficient (Wildman–Crippen LogP) is 2.94. The molecule has 2 N–H and O–H groups in total. The number of urea groups is 1. The zero-order valence-corrected chi connectivity index (χ0v) is 15.3. The number of carbonyl (C=O) groups excluding carboxylic acids is 3. The van der Waals surface area contributed by atoms with Crippen molar-refractivity contribution in [3.63, 3.8) is 0 Å². The van der Waals surface area contributed by atoms with E-state index in [0.717, 1.165) is 4.90 Å². The molecular weight excluding hydrogens is 337 g/mol. The van der Waals surface area contributed by atoms with Crippen molar-refractivity contribution in [3.8, 4) is 0 Å². The number of nitrogens with zero attached hydrogens (tertiary/aromatic N) is 1. The number of benzene rings is 1. The zero-order chi connectivity index (χ0) is 19.1. The summed E-state index contributed by atoms with van der Waals surface area (Å²) in [6, 6.07) is 4.16. The number of imide groups is 1. The van der Waals surface area contributed by atoms with Gasteiger partial charge in [0.1, 0.15) is 11.9 Å². The molecule has 6 nitrogen and oxygen atoms in total. The summed E-state index contributed by atoms with van der Waals surface area (Å²) in [6.07, 6.45) is 1.86. The number of amides is 3. The number of ketones is 1. The summed E-state index contributed by atoms with van der Waals surface area (Å²) >= 11 is 0. The maximum absolute atomic E-state index is 13.9. The second kappa shape index (κ2) is 9.43. The molecule has 0 bridgehead atoms. The third kappa shape index (κ3) is 5.36. The van der Waals surface area contributed by atoms with Crippen molar-refractivity contribution < 1.29 is 18.8 Å². The number of nitrogens with one attached hydrogen (secondary N) is 2. The molecule has 1 heterocycles. The van der Waals surface area contributed by atoms with Crippen molar-refractivity contribution >= 4 is 23.4 Å². The first-order valence-corrected chi connectivity index (χ1v) is 9.01. The Balaban J connectivity index is 2.23. The number of hydrogen-bond donors (Lipinski definition) is 2. The van der Waals surface area contributed by atoms with Gasteiger partial charge in [0.2, 0.25) is 5.91 Å². The van der Waals surface area contributed by atoms with Gasteiger partial charge in [-0.15, -0.1) is 0 Å². The largest absolute Gasteiger partial charge is 0.329 e. The Morgan fingerprint density at radius 1 is 1.35 bits per heavy atom. The molecule has 0 saturated carbocycles. The van der Waals surface area contributed by atoms with Gasteiger partial charge in [0.05, 0.1) is 12.2 Å². The van der Waals surface area contributed by atoms with Gasteiger partial charge in [-0.25, -0.2) is 9.18 Å². The number of rotatable bonds is 5. The van der Waals surface area contributed by atoms with Crippen molar-refractivity contribution in [2.45, 2.75) is 45.6 Å². The monoisotopic (exact) mass is 363 g/mol. The fourth-order valence-electron chi connectivity index (χ4n) is 2.88. The molecule has 3 amide bonds. The van der Waals surface area contributed by atoms with Crippen LogP contribution in [-0.2, 0) is 9.59 Å². The second-order valence-electron chi connectivity index (χ2n) is 6.91. The third-order valence-electron chi connectivity index (χ3n) is 4.35. The van der Waals surface area contributed by atoms with Gasteiger partial charge >= 0.3 is 6.03 Å². The molecule has 1 atom stereocenters. The lowest BCUT2D eigenvalue weighted by Crippen LogP contribution is -2.51. The van der Waals surface area contributed by atoms with Gasteiger partial charge in [0.25, 0.3) is 0 Å². The molecule has 142 valence electrons. The molecule has 0 unspecified atom stereocenters. The number of para-hydroxylation sites is 1. The Hall–Kier alpha value is -2.28. The third-order valence-corrected chi connectivity index (χ3v) is 4.35. The maximum atomic E-state index is 13.9. The SMILES string of the molecule is CC(C)CCC(=O)N(C(=O)Nc1ccccc1F)[C@H]1CCCNCC1=O. The van der Waals surface area contributed by atoms with Gasteiger partial charge in [0.15, 0.2) is 5.78 Å². The van der Waals surface area contributed by atoms with Crippen LogP contribution in [0.4, 0.5) is 14.9 Å². The van der Waals surface area contributed by atoms with Crippen LogP contribution in [0, 0.1) is 11.7 Å². The Morgan fingerprint density at radius 2 is 2.08 bits per heavy atom. The number of Topliss-reactive ketones (excluding diaryl/α,β-unsaturated/α-hetero) is 1. The van der Waals surface area contributed by atoms with Crippen molar-refractivity contribution in [3.05, 3.63) is 30.1 Å². The Bertz CT molecular complexity index is 663. The normalized spacial score (nSPS) is 17.7. The molecule has 0 radical (unpaired) electrons. The van der Waals surface area contributed by atoms with Crippen LogP contribution in [0.1, 0.15) is 39.5 Å². The molecular formula is C19H26FN3O3. The smallest absolute Gasteiger partial charge is 0.310 e. The van der Waals surface area contributed by atoms with Crippen LogP contribution in [-0.4, -0.2) is 41.8 Å². The highest BCUT2D eigenvalue weighted by molar-refractivity contribution is 6.05. The number of carbonyl (C=O) groups is 3. The van der Waals surface area contributed by atoms with E-state index in [2.05, 4.69) is 10.6 Å². The molecule has 1 fully saturated rings. The molecule has 2 rings (SSSR count). The standard InChI is InChI=1S/C19H26FN3O3/c1-13(2)9-10-18(25)23(16-8-5-11-21-12-17(16)24)19(26)22-15-7-4-3-6-14(15)20/h3-4,6-7,13,16,21H,5,8-12H2,1-2H3,(H,22,26)/t16-/m0/s1. The summed E-state index contributed by atoms with van der Waals surface area (Å²) in [4.78, 5) is 38.9. The van der Waals surface area contributed by atoms with E-state index in [1.807, 2.05) is 13.8 Å². The van der Waals surface area contributed by atoms with Crippen LogP contribution in [0.2, 0.25) is 0 Å². The molecule has 1 aliphatic heterocycles. The summed E-state index contributed by atoms with van der Waals surface area (Å²) in [5.41, 5.74) is -0.0154. The average Bonchev–Trinajstić information content (AvgIpc) is 2.80. The lowest BCUT2D eigenvalue weighted by Gasteiger charge is -2.28. The number of hydrogen-bond acceptors (Lipinski definition) is 4. The first-order valence-electron chi connectivity index (χ1n) is 9.01. The molecule has 0 aliphatic carbocycles. The topological polar surface area (TPSA) is 78.5 Å². The number of halogens is 1. The predicted molar refractivity (Wildman–Crippen MR) is 97.2 cm³/mol. The first-order chi connectivity index (χ1) is 12.4. The van der Waals surface area contributed by atoms with Gasteiger partial charge in [-0.3, -0.25) is 14.5 Å². The highest BCUT2D eigenvalue weighted by Gasteiger charge is 2.35. The van der Waals surface area contributed by atoms with Crippen molar-refractivity contribution in [1.29, 1.82) is 0 Å². The van der Waals surface area contributed by atoms with E-state index in [1.165, 1.54) is 18.2 Å². The fraction of sp³-hybridized carbons (Fsp3) is 0.526. The minimum Gasteiger partial charge on any atom is -0.310 e. The van der Waals surface area contributed by atoms with E-state index in [0.29, 0.717) is 31.7 Å². The summed E-state index contributed by atoms with van der Waals surface area (Å²) in [6.45, 7) is 4.74. The van der Waals surface area contributed by atoms with Crippen LogP contribution < -0.4 is 10.6 Å². The molecule has 1 saturated heterocycles. The molecule has 26 heavy (non-hydrogen) atoms. The summed E-state index contributed by atoms with van der Waals surface area (Å²) < 4.78 is 13.9. The zero-order valence-electron chi connectivity index (χ0n) is 15.3. The van der Waals surface area contributed by atoms with Crippen LogP contribution in [0.15, 0.2) is 24.3 Å². The Morgan fingerprint density at radius 3 is 2.77 bits per heavy atom. The van der Waals surface area contributed by atoms with Gasteiger partial charge in [-0.1, -0.05) is 26.0 Å². The second-order valence-corrected chi connectivity index (χ2v) is 6.91. The van der Waals surface area contributed by atoms with E-state index >= 15 is 0 Å². The van der Waals surface area contributed by atoms with E-state index in [9.17, 15) is 18.8 Å². The first kappa shape index (κ1) is 20.0. The lowest BCUT2D eigenvalue weighted by molar-refractivity contribution is -0.135. The minimum atomic E-state index is -0.823. The Labute approximate surface area is 153 Å². The molecule has 0 spiro atoms. The van der Waals surface area contributed by atoms with Crippen LogP contribution in [0.3, 0.4) is 0 Å². The maximum Gasteiger partial charge on any atom is 0.329 e. The molecule has 1 aromatic carbocycles. The van der Waals surface area contributed by atoms with Crippen LogP contribution >= 0.6 is 0 Å².